The highest BCUT2D eigenvalue weighted by molar-refractivity contribution is 4.99. The molecule has 1 aliphatic heterocycles. The number of rotatable bonds is 2. The molecule has 0 aromatic carbocycles. The molecule has 4 nitrogen and oxygen atoms in total. The normalized spacial score (nSPS) is 27.0. The standard InChI is InChI=1S/C14H23N3O/c1-2-4-8-11(7-3-1)14-16-13(17-18-14)12-9-5-6-10-15-12/h11-12,15H,1-10H2. The third-order valence-electron chi connectivity index (χ3n) is 4.28. The van der Waals surface area contributed by atoms with E-state index in [2.05, 4.69) is 15.5 Å². The second kappa shape index (κ2) is 5.83. The van der Waals surface area contributed by atoms with Gasteiger partial charge >= 0.3 is 0 Å². The summed E-state index contributed by atoms with van der Waals surface area (Å²) in [6.45, 7) is 1.08. The molecule has 1 N–H and O–H groups in total. The molecule has 0 bridgehead atoms. The van der Waals surface area contributed by atoms with E-state index in [-0.39, 0.29) is 0 Å². The first-order valence-electron chi connectivity index (χ1n) is 7.50. The second-order valence-electron chi connectivity index (χ2n) is 5.68. The summed E-state index contributed by atoms with van der Waals surface area (Å²) in [6.07, 6.45) is 11.5. The average molecular weight is 249 g/mol. The van der Waals surface area contributed by atoms with Crippen molar-refractivity contribution in [2.75, 3.05) is 6.54 Å². The van der Waals surface area contributed by atoms with Gasteiger partial charge in [0.2, 0.25) is 5.89 Å². The largest absolute Gasteiger partial charge is 0.339 e. The van der Waals surface area contributed by atoms with Gasteiger partial charge in [0.05, 0.1) is 6.04 Å². The van der Waals surface area contributed by atoms with Crippen molar-refractivity contribution in [3.63, 3.8) is 0 Å². The van der Waals surface area contributed by atoms with E-state index in [9.17, 15) is 0 Å². The van der Waals surface area contributed by atoms with Crippen LogP contribution in [0, 0.1) is 0 Å². The van der Waals surface area contributed by atoms with Crippen molar-refractivity contribution in [3.8, 4) is 0 Å². The SMILES string of the molecule is C1CCCC(c2nc(C3CCCCN3)no2)CC1. The lowest BCUT2D eigenvalue weighted by molar-refractivity contribution is 0.326. The number of aromatic nitrogens is 2. The van der Waals surface area contributed by atoms with Crippen LogP contribution in [0.2, 0.25) is 0 Å². The average Bonchev–Trinajstić information content (AvgIpc) is 2.76. The molecule has 2 heterocycles. The molecule has 1 aromatic rings. The third-order valence-corrected chi connectivity index (χ3v) is 4.28. The van der Waals surface area contributed by atoms with Gasteiger partial charge in [0.25, 0.3) is 0 Å². The Kier molecular flexibility index (Phi) is 3.93. The number of piperidine rings is 1. The first kappa shape index (κ1) is 12.2. The van der Waals surface area contributed by atoms with Gasteiger partial charge in [-0.2, -0.15) is 4.98 Å². The minimum absolute atomic E-state index is 0.321. The molecule has 1 saturated carbocycles. The second-order valence-corrected chi connectivity index (χ2v) is 5.68. The van der Waals surface area contributed by atoms with Gasteiger partial charge in [0, 0.05) is 5.92 Å². The highest BCUT2D eigenvalue weighted by Gasteiger charge is 2.24. The molecule has 2 aliphatic rings. The van der Waals surface area contributed by atoms with Crippen LogP contribution in [0.25, 0.3) is 0 Å². The van der Waals surface area contributed by atoms with E-state index in [1.165, 1.54) is 51.4 Å². The van der Waals surface area contributed by atoms with Crippen LogP contribution < -0.4 is 5.32 Å². The fourth-order valence-corrected chi connectivity index (χ4v) is 3.15. The summed E-state index contributed by atoms with van der Waals surface area (Å²) in [5.41, 5.74) is 0. The number of hydrogen-bond donors (Lipinski definition) is 1. The van der Waals surface area contributed by atoms with Crippen LogP contribution in [0.1, 0.15) is 81.5 Å². The Morgan fingerprint density at radius 3 is 2.44 bits per heavy atom. The van der Waals surface area contributed by atoms with Crippen LogP contribution in [0.15, 0.2) is 4.52 Å². The number of hydrogen-bond acceptors (Lipinski definition) is 4. The summed E-state index contributed by atoms with van der Waals surface area (Å²) in [7, 11) is 0. The smallest absolute Gasteiger partial charge is 0.229 e. The fraction of sp³-hybridized carbons (Fsp3) is 0.857. The molecule has 1 saturated heterocycles. The molecule has 0 radical (unpaired) electrons. The van der Waals surface area contributed by atoms with E-state index in [0.717, 1.165) is 24.7 Å². The predicted octanol–water partition coefficient (Wildman–Crippen LogP) is 3.32. The summed E-state index contributed by atoms with van der Waals surface area (Å²) in [5.74, 6) is 2.28. The molecule has 3 rings (SSSR count). The van der Waals surface area contributed by atoms with Crippen LogP contribution in [0.3, 0.4) is 0 Å². The zero-order valence-electron chi connectivity index (χ0n) is 11.0. The summed E-state index contributed by atoms with van der Waals surface area (Å²) in [6, 6.07) is 0.321. The number of nitrogens with one attached hydrogen (secondary N) is 1. The Morgan fingerprint density at radius 2 is 1.72 bits per heavy atom. The molecular formula is C14H23N3O. The van der Waals surface area contributed by atoms with Crippen molar-refractivity contribution in [3.05, 3.63) is 11.7 Å². The van der Waals surface area contributed by atoms with E-state index in [0.29, 0.717) is 12.0 Å². The van der Waals surface area contributed by atoms with E-state index in [1.54, 1.807) is 0 Å². The van der Waals surface area contributed by atoms with Crippen LogP contribution in [-0.4, -0.2) is 16.7 Å². The molecule has 4 heteroatoms. The Balaban J connectivity index is 1.67. The first-order valence-corrected chi connectivity index (χ1v) is 7.50. The van der Waals surface area contributed by atoms with Crippen LogP contribution >= 0.6 is 0 Å². The fourth-order valence-electron chi connectivity index (χ4n) is 3.15. The molecule has 1 unspecified atom stereocenters. The Bertz CT molecular complexity index is 363. The Morgan fingerprint density at radius 1 is 0.944 bits per heavy atom. The minimum atomic E-state index is 0.321. The quantitative estimate of drug-likeness (QED) is 0.817. The Labute approximate surface area is 109 Å². The molecule has 100 valence electrons. The van der Waals surface area contributed by atoms with Gasteiger partial charge < -0.3 is 9.84 Å². The van der Waals surface area contributed by atoms with Crippen molar-refractivity contribution in [1.82, 2.24) is 15.5 Å². The minimum Gasteiger partial charge on any atom is -0.339 e. The van der Waals surface area contributed by atoms with E-state index in [4.69, 9.17) is 4.52 Å². The van der Waals surface area contributed by atoms with Gasteiger partial charge in [-0.25, -0.2) is 0 Å². The lowest BCUT2D eigenvalue weighted by Crippen LogP contribution is -2.27. The number of nitrogens with zero attached hydrogens (tertiary/aromatic N) is 2. The summed E-state index contributed by atoms with van der Waals surface area (Å²) < 4.78 is 5.51. The van der Waals surface area contributed by atoms with Crippen molar-refractivity contribution in [2.45, 2.75) is 69.7 Å². The van der Waals surface area contributed by atoms with E-state index < -0.39 is 0 Å². The molecular weight excluding hydrogens is 226 g/mol. The van der Waals surface area contributed by atoms with Crippen LogP contribution in [0.4, 0.5) is 0 Å². The Hall–Kier alpha value is -0.900. The first-order chi connectivity index (χ1) is 8.93. The van der Waals surface area contributed by atoms with Crippen LogP contribution in [-0.2, 0) is 0 Å². The highest BCUT2D eigenvalue weighted by atomic mass is 16.5. The summed E-state index contributed by atoms with van der Waals surface area (Å²) in [5, 5.41) is 7.68. The maximum atomic E-state index is 5.51. The van der Waals surface area contributed by atoms with Crippen molar-refractivity contribution in [1.29, 1.82) is 0 Å². The van der Waals surface area contributed by atoms with Gasteiger partial charge in [-0.15, -0.1) is 0 Å². The molecule has 0 spiro atoms. The van der Waals surface area contributed by atoms with Crippen molar-refractivity contribution < 1.29 is 4.52 Å². The van der Waals surface area contributed by atoms with Gasteiger partial charge in [0.15, 0.2) is 5.82 Å². The highest BCUT2D eigenvalue weighted by Crippen LogP contribution is 2.31. The zero-order valence-corrected chi connectivity index (χ0v) is 11.0. The van der Waals surface area contributed by atoms with Gasteiger partial charge in [-0.05, 0) is 32.2 Å². The summed E-state index contributed by atoms with van der Waals surface area (Å²) in [4.78, 5) is 4.66. The molecule has 2 fully saturated rings. The predicted molar refractivity (Wildman–Crippen MR) is 69.3 cm³/mol. The maximum absolute atomic E-state index is 5.51. The molecule has 0 amide bonds. The van der Waals surface area contributed by atoms with Gasteiger partial charge in [-0.1, -0.05) is 37.3 Å². The maximum Gasteiger partial charge on any atom is 0.229 e. The van der Waals surface area contributed by atoms with E-state index >= 15 is 0 Å². The zero-order chi connectivity index (χ0) is 12.2. The van der Waals surface area contributed by atoms with Crippen LogP contribution in [0.5, 0.6) is 0 Å². The topological polar surface area (TPSA) is 51.0 Å². The molecule has 18 heavy (non-hydrogen) atoms. The monoisotopic (exact) mass is 249 g/mol. The van der Waals surface area contributed by atoms with Crippen molar-refractivity contribution >= 4 is 0 Å². The molecule has 1 aliphatic carbocycles. The third kappa shape index (κ3) is 2.74. The molecule has 1 atom stereocenters. The lowest BCUT2D eigenvalue weighted by Gasteiger charge is -2.19. The molecule has 1 aromatic heterocycles. The van der Waals surface area contributed by atoms with Gasteiger partial charge in [0.1, 0.15) is 0 Å². The van der Waals surface area contributed by atoms with E-state index in [1.807, 2.05) is 0 Å². The van der Waals surface area contributed by atoms with Crippen molar-refractivity contribution in [2.24, 2.45) is 0 Å². The lowest BCUT2D eigenvalue weighted by atomic mass is 10.0. The van der Waals surface area contributed by atoms with Gasteiger partial charge in [-0.3, -0.25) is 0 Å². The summed E-state index contributed by atoms with van der Waals surface area (Å²) >= 11 is 0.